The summed E-state index contributed by atoms with van der Waals surface area (Å²) < 4.78 is 0.723. The number of amides is 1. The summed E-state index contributed by atoms with van der Waals surface area (Å²) in [6.07, 6.45) is 2.69. The van der Waals surface area contributed by atoms with E-state index in [1.54, 1.807) is 0 Å². The number of carboxylic acids is 1. The summed E-state index contributed by atoms with van der Waals surface area (Å²) in [5.41, 5.74) is 2.36. The summed E-state index contributed by atoms with van der Waals surface area (Å²) in [7, 11) is 0. The average molecular weight is 455 g/mol. The first-order chi connectivity index (χ1) is 15.0. The lowest BCUT2D eigenvalue weighted by Gasteiger charge is -2.26. The van der Waals surface area contributed by atoms with Crippen LogP contribution >= 0.6 is 23.1 Å². The SMILES string of the molecule is O=C(O)c1cnc(SCC[C@@H]2CCC(=O)N2c2cccc(C(O)c3ccccc3)c2)s1. The molecule has 0 bridgehead atoms. The maximum atomic E-state index is 12.6. The van der Waals surface area contributed by atoms with Gasteiger partial charge in [-0.3, -0.25) is 4.79 Å². The summed E-state index contributed by atoms with van der Waals surface area (Å²) in [5.74, 6) is -0.133. The number of benzene rings is 2. The molecule has 2 aromatic carbocycles. The number of anilines is 1. The molecule has 1 fully saturated rings. The van der Waals surface area contributed by atoms with E-state index >= 15 is 0 Å². The number of carbonyl (C=O) groups is 2. The lowest BCUT2D eigenvalue weighted by Crippen LogP contribution is -2.33. The molecule has 0 aliphatic carbocycles. The number of aliphatic hydroxyl groups is 1. The van der Waals surface area contributed by atoms with E-state index in [-0.39, 0.29) is 16.8 Å². The normalized spacial score (nSPS) is 17.1. The van der Waals surface area contributed by atoms with Gasteiger partial charge in [0.25, 0.3) is 0 Å². The quantitative estimate of drug-likeness (QED) is 0.484. The fourth-order valence-electron chi connectivity index (χ4n) is 3.75. The largest absolute Gasteiger partial charge is 0.477 e. The second kappa shape index (κ2) is 9.64. The minimum Gasteiger partial charge on any atom is -0.477 e. The highest BCUT2D eigenvalue weighted by Gasteiger charge is 2.32. The molecule has 1 unspecified atom stereocenters. The van der Waals surface area contributed by atoms with Gasteiger partial charge < -0.3 is 15.1 Å². The van der Waals surface area contributed by atoms with Crippen LogP contribution in [0.3, 0.4) is 0 Å². The van der Waals surface area contributed by atoms with E-state index < -0.39 is 12.1 Å². The smallest absolute Gasteiger partial charge is 0.347 e. The Morgan fingerprint density at radius 3 is 2.71 bits per heavy atom. The first kappa shape index (κ1) is 21.5. The van der Waals surface area contributed by atoms with Crippen LogP contribution in [0.5, 0.6) is 0 Å². The molecule has 160 valence electrons. The number of thioether (sulfide) groups is 1. The van der Waals surface area contributed by atoms with E-state index in [9.17, 15) is 14.7 Å². The first-order valence-corrected chi connectivity index (χ1v) is 11.8. The minimum atomic E-state index is -0.963. The van der Waals surface area contributed by atoms with Crippen molar-refractivity contribution >= 4 is 40.7 Å². The molecule has 2 N–H and O–H groups in total. The summed E-state index contributed by atoms with van der Waals surface area (Å²) in [6.45, 7) is 0. The van der Waals surface area contributed by atoms with Crippen LogP contribution in [0.25, 0.3) is 0 Å². The predicted octanol–water partition coefficient (Wildman–Crippen LogP) is 4.60. The molecule has 31 heavy (non-hydrogen) atoms. The minimum absolute atomic E-state index is 0.0722. The van der Waals surface area contributed by atoms with Gasteiger partial charge >= 0.3 is 5.97 Å². The Balaban J connectivity index is 1.44. The molecule has 1 saturated heterocycles. The average Bonchev–Trinajstić information content (AvgIpc) is 3.41. The van der Waals surface area contributed by atoms with E-state index in [2.05, 4.69) is 4.98 Å². The van der Waals surface area contributed by atoms with Crippen LogP contribution in [-0.2, 0) is 4.79 Å². The molecule has 2 heterocycles. The number of aromatic nitrogens is 1. The van der Waals surface area contributed by atoms with Gasteiger partial charge in [-0.15, -0.1) is 11.3 Å². The van der Waals surface area contributed by atoms with Gasteiger partial charge in [0.05, 0.1) is 6.20 Å². The summed E-state index contributed by atoms with van der Waals surface area (Å²) >= 11 is 2.68. The number of carboxylic acid groups (broad SMARTS) is 1. The molecular formula is C23H22N2O4S2. The Labute approximate surface area is 188 Å². The topological polar surface area (TPSA) is 90.7 Å². The van der Waals surface area contributed by atoms with Crippen LogP contribution < -0.4 is 4.90 Å². The Morgan fingerprint density at radius 2 is 1.97 bits per heavy atom. The predicted molar refractivity (Wildman–Crippen MR) is 122 cm³/mol. The van der Waals surface area contributed by atoms with Gasteiger partial charge in [0.15, 0.2) is 4.34 Å². The molecule has 2 atom stereocenters. The van der Waals surface area contributed by atoms with E-state index in [0.29, 0.717) is 6.42 Å². The lowest BCUT2D eigenvalue weighted by atomic mass is 10.0. The van der Waals surface area contributed by atoms with Gasteiger partial charge in [0.1, 0.15) is 11.0 Å². The number of hydrogen-bond acceptors (Lipinski definition) is 6. The van der Waals surface area contributed by atoms with E-state index in [0.717, 1.165) is 39.7 Å². The highest BCUT2D eigenvalue weighted by Crippen LogP contribution is 2.33. The van der Waals surface area contributed by atoms with Crippen molar-refractivity contribution in [3.63, 3.8) is 0 Å². The van der Waals surface area contributed by atoms with Crippen molar-refractivity contribution in [3.05, 3.63) is 76.8 Å². The van der Waals surface area contributed by atoms with Crippen molar-refractivity contribution in [3.8, 4) is 0 Å². The van der Waals surface area contributed by atoms with Crippen molar-refractivity contribution in [2.24, 2.45) is 0 Å². The molecule has 1 aromatic heterocycles. The fourth-order valence-corrected chi connectivity index (χ4v) is 5.68. The number of carbonyl (C=O) groups excluding carboxylic acids is 1. The number of aromatic carboxylic acids is 1. The van der Waals surface area contributed by atoms with E-state index in [1.165, 1.54) is 29.3 Å². The number of rotatable bonds is 8. The first-order valence-electron chi connectivity index (χ1n) is 10.00. The van der Waals surface area contributed by atoms with Crippen molar-refractivity contribution in [1.82, 2.24) is 4.98 Å². The van der Waals surface area contributed by atoms with Crippen molar-refractivity contribution in [2.75, 3.05) is 10.7 Å². The molecule has 4 rings (SSSR count). The third-order valence-electron chi connectivity index (χ3n) is 5.28. The van der Waals surface area contributed by atoms with E-state index in [1.807, 2.05) is 59.5 Å². The summed E-state index contributed by atoms with van der Waals surface area (Å²) in [6, 6.07) is 17.1. The zero-order chi connectivity index (χ0) is 21.8. The van der Waals surface area contributed by atoms with Crippen molar-refractivity contribution < 1.29 is 19.8 Å². The third-order valence-corrected chi connectivity index (χ3v) is 7.45. The van der Waals surface area contributed by atoms with Crippen LogP contribution in [0.1, 0.15) is 46.2 Å². The van der Waals surface area contributed by atoms with E-state index in [4.69, 9.17) is 5.11 Å². The molecule has 8 heteroatoms. The molecule has 0 spiro atoms. The molecule has 1 aliphatic heterocycles. The standard InChI is InChI=1S/C23H22N2O4S2/c26-20-10-9-17(11-12-30-23-24-14-19(31-23)22(28)29)25(20)18-8-4-7-16(13-18)21(27)15-5-2-1-3-6-15/h1-8,13-14,17,21,27H,9-12H2,(H,28,29)/t17-,21?/m0/s1. The molecular weight excluding hydrogens is 432 g/mol. The summed E-state index contributed by atoms with van der Waals surface area (Å²) in [5, 5.41) is 19.8. The Morgan fingerprint density at radius 1 is 1.19 bits per heavy atom. The number of nitrogens with zero attached hydrogens (tertiary/aromatic N) is 2. The third kappa shape index (κ3) is 4.98. The molecule has 0 radical (unpaired) electrons. The Bertz CT molecular complexity index is 1070. The second-order valence-electron chi connectivity index (χ2n) is 7.30. The maximum Gasteiger partial charge on any atom is 0.347 e. The van der Waals surface area contributed by atoms with Gasteiger partial charge in [0.2, 0.25) is 5.91 Å². The van der Waals surface area contributed by atoms with Crippen molar-refractivity contribution in [2.45, 2.75) is 35.7 Å². The summed E-state index contributed by atoms with van der Waals surface area (Å²) in [4.78, 5) is 29.8. The maximum absolute atomic E-state index is 12.6. The fraction of sp³-hybridized carbons (Fsp3) is 0.261. The Hall–Kier alpha value is -2.68. The van der Waals surface area contributed by atoms with Crippen LogP contribution in [-0.4, -0.2) is 38.9 Å². The van der Waals surface area contributed by atoms with Gasteiger partial charge in [-0.25, -0.2) is 9.78 Å². The van der Waals surface area contributed by atoms with Gasteiger partial charge in [-0.2, -0.15) is 0 Å². The highest BCUT2D eigenvalue weighted by atomic mass is 32.2. The van der Waals surface area contributed by atoms with Crippen molar-refractivity contribution in [1.29, 1.82) is 0 Å². The Kier molecular flexibility index (Phi) is 6.70. The van der Waals surface area contributed by atoms with Crippen LogP contribution in [0.15, 0.2) is 65.1 Å². The highest BCUT2D eigenvalue weighted by molar-refractivity contribution is 8.01. The molecule has 1 amide bonds. The van der Waals surface area contributed by atoms with Gasteiger partial charge in [0, 0.05) is 23.9 Å². The molecule has 0 saturated carbocycles. The van der Waals surface area contributed by atoms with Crippen LogP contribution in [0.4, 0.5) is 5.69 Å². The molecule has 1 aliphatic rings. The zero-order valence-corrected chi connectivity index (χ0v) is 18.3. The van der Waals surface area contributed by atoms with Crippen LogP contribution in [0, 0.1) is 0 Å². The monoisotopic (exact) mass is 454 g/mol. The zero-order valence-electron chi connectivity index (χ0n) is 16.7. The molecule has 6 nitrogen and oxygen atoms in total. The van der Waals surface area contributed by atoms with Crippen LogP contribution in [0.2, 0.25) is 0 Å². The number of aliphatic hydroxyl groups excluding tert-OH is 1. The number of thiazole rings is 1. The van der Waals surface area contributed by atoms with Gasteiger partial charge in [-0.1, -0.05) is 54.2 Å². The lowest BCUT2D eigenvalue weighted by molar-refractivity contribution is -0.117. The molecule has 3 aromatic rings. The second-order valence-corrected chi connectivity index (χ2v) is 9.67. The van der Waals surface area contributed by atoms with Gasteiger partial charge in [-0.05, 0) is 36.1 Å². The number of hydrogen-bond donors (Lipinski definition) is 2.